The van der Waals surface area contributed by atoms with Crippen LogP contribution in [0.15, 0.2) is 71.6 Å². The predicted octanol–water partition coefficient (Wildman–Crippen LogP) is 2.45. The number of imide groups is 1. The lowest BCUT2D eigenvalue weighted by atomic mass is 9.88. The number of fused-ring (bicyclic) bond motifs is 2. The van der Waals surface area contributed by atoms with Crippen molar-refractivity contribution in [1.82, 2.24) is 14.5 Å². The maximum absolute atomic E-state index is 13.3. The molecule has 2 aliphatic heterocycles. The predicted molar refractivity (Wildman–Crippen MR) is 116 cm³/mol. The second kappa shape index (κ2) is 6.89. The van der Waals surface area contributed by atoms with Crippen molar-refractivity contribution in [3.05, 3.63) is 77.9 Å². The van der Waals surface area contributed by atoms with Crippen LogP contribution in [0.4, 0.5) is 4.79 Å². The van der Waals surface area contributed by atoms with Crippen LogP contribution < -0.4 is 5.32 Å². The van der Waals surface area contributed by atoms with Gasteiger partial charge in [-0.1, -0.05) is 54.6 Å². The van der Waals surface area contributed by atoms with E-state index in [2.05, 4.69) is 5.32 Å². The van der Waals surface area contributed by atoms with Crippen LogP contribution in [0.25, 0.3) is 10.8 Å². The van der Waals surface area contributed by atoms with Gasteiger partial charge in [-0.3, -0.25) is 14.5 Å². The summed E-state index contributed by atoms with van der Waals surface area (Å²) in [5, 5.41) is 4.51. The molecule has 1 N–H and O–H groups in total. The normalized spacial score (nSPS) is 21.8. The van der Waals surface area contributed by atoms with E-state index >= 15 is 0 Å². The van der Waals surface area contributed by atoms with Crippen LogP contribution in [0.5, 0.6) is 0 Å². The van der Waals surface area contributed by atoms with E-state index in [0.717, 1.165) is 15.7 Å². The fourth-order valence-corrected chi connectivity index (χ4v) is 5.95. The third-order valence-electron chi connectivity index (χ3n) is 6.04. The largest absolute Gasteiger partial charge is 0.325 e. The van der Waals surface area contributed by atoms with Crippen LogP contribution in [-0.4, -0.2) is 48.6 Å². The molecule has 8 nitrogen and oxygen atoms in total. The summed E-state index contributed by atoms with van der Waals surface area (Å²) in [7, 11) is -4.02. The van der Waals surface area contributed by atoms with Gasteiger partial charge in [-0.25, -0.2) is 17.5 Å². The Hall–Kier alpha value is -3.72. The Bertz CT molecular complexity index is 1410. The van der Waals surface area contributed by atoms with Crippen molar-refractivity contribution in [3.63, 3.8) is 0 Å². The molecule has 3 aromatic rings. The number of nitrogens with one attached hydrogen (secondary N) is 1. The van der Waals surface area contributed by atoms with Crippen molar-refractivity contribution in [2.24, 2.45) is 0 Å². The lowest BCUT2D eigenvalue weighted by Crippen LogP contribution is -2.43. The molecule has 1 fully saturated rings. The van der Waals surface area contributed by atoms with Gasteiger partial charge in [0.05, 0.1) is 12.1 Å². The van der Waals surface area contributed by atoms with Gasteiger partial charge in [-0.15, -0.1) is 0 Å². The molecule has 3 aromatic carbocycles. The van der Waals surface area contributed by atoms with Gasteiger partial charge in [0, 0.05) is 6.54 Å². The summed E-state index contributed by atoms with van der Waals surface area (Å²) in [5.74, 6) is -1.16. The third kappa shape index (κ3) is 2.74. The van der Waals surface area contributed by atoms with E-state index in [1.165, 1.54) is 12.1 Å². The first-order valence-electron chi connectivity index (χ1n) is 10.0. The van der Waals surface area contributed by atoms with Crippen molar-refractivity contribution in [2.75, 3.05) is 13.1 Å². The zero-order valence-electron chi connectivity index (χ0n) is 17.1. The van der Waals surface area contributed by atoms with Crippen molar-refractivity contribution in [1.29, 1.82) is 0 Å². The van der Waals surface area contributed by atoms with E-state index in [1.54, 1.807) is 25.1 Å². The molecule has 0 bridgehead atoms. The maximum Gasteiger partial charge on any atom is 0.325 e. The van der Waals surface area contributed by atoms with E-state index in [9.17, 15) is 22.8 Å². The summed E-state index contributed by atoms with van der Waals surface area (Å²) in [6.07, 6.45) is 0. The molecule has 0 spiro atoms. The number of rotatable bonds is 4. The van der Waals surface area contributed by atoms with Gasteiger partial charge in [0.1, 0.15) is 10.4 Å². The molecule has 4 amide bonds. The zero-order chi connectivity index (χ0) is 22.7. The molecule has 2 aliphatic rings. The van der Waals surface area contributed by atoms with Crippen molar-refractivity contribution in [2.45, 2.75) is 17.4 Å². The second-order valence-electron chi connectivity index (χ2n) is 7.92. The summed E-state index contributed by atoms with van der Waals surface area (Å²) >= 11 is 0. The molecule has 0 aromatic heterocycles. The highest BCUT2D eigenvalue weighted by Gasteiger charge is 2.50. The van der Waals surface area contributed by atoms with Crippen LogP contribution in [0.2, 0.25) is 0 Å². The van der Waals surface area contributed by atoms with Crippen LogP contribution in [0.1, 0.15) is 22.8 Å². The minimum atomic E-state index is -4.02. The Morgan fingerprint density at radius 3 is 2.34 bits per heavy atom. The number of nitrogens with zero attached hydrogens (tertiary/aromatic N) is 2. The first-order valence-corrected chi connectivity index (χ1v) is 11.5. The average Bonchev–Trinajstić information content (AvgIpc) is 3.13. The number of sulfonamides is 1. The van der Waals surface area contributed by atoms with E-state index in [0.29, 0.717) is 9.87 Å². The van der Waals surface area contributed by atoms with E-state index < -0.39 is 33.4 Å². The summed E-state index contributed by atoms with van der Waals surface area (Å²) in [5.41, 5.74) is -0.576. The highest BCUT2D eigenvalue weighted by atomic mass is 32.2. The number of hydrogen-bond donors (Lipinski definition) is 1. The highest BCUT2D eigenvalue weighted by molar-refractivity contribution is 7.90. The lowest BCUT2D eigenvalue weighted by Gasteiger charge is -2.24. The van der Waals surface area contributed by atoms with Crippen molar-refractivity contribution < 1.29 is 22.8 Å². The standard InChI is InChI=1S/C23H19N3O5S/c1-23(18-11-6-8-15-7-2-3-9-16(15)18)21(28)25(22(29)24-23)13-14-26-20(27)17-10-4-5-12-19(17)32(26,30)31/h2-12H,13-14H2,1H3,(H,24,29). The van der Waals surface area contributed by atoms with E-state index in [-0.39, 0.29) is 23.5 Å². The van der Waals surface area contributed by atoms with Gasteiger partial charge >= 0.3 is 6.03 Å². The first kappa shape index (κ1) is 20.2. The van der Waals surface area contributed by atoms with Crippen LogP contribution in [0, 0.1) is 0 Å². The van der Waals surface area contributed by atoms with E-state index in [1.807, 2.05) is 36.4 Å². The Labute approximate surface area is 184 Å². The quantitative estimate of drug-likeness (QED) is 0.616. The molecule has 1 saturated heterocycles. The van der Waals surface area contributed by atoms with Gasteiger partial charge in [-0.2, -0.15) is 0 Å². The zero-order valence-corrected chi connectivity index (χ0v) is 17.9. The molecule has 1 atom stereocenters. The molecule has 2 heterocycles. The number of carbonyl (C=O) groups is 3. The Morgan fingerprint density at radius 1 is 0.875 bits per heavy atom. The van der Waals surface area contributed by atoms with Gasteiger partial charge in [0.2, 0.25) is 0 Å². The Kier molecular flexibility index (Phi) is 4.35. The minimum absolute atomic E-state index is 0.0669. The molecule has 9 heteroatoms. The molecule has 5 rings (SSSR count). The number of urea groups is 1. The number of carbonyl (C=O) groups excluding carboxylic acids is 3. The molecule has 0 saturated carbocycles. The Morgan fingerprint density at radius 2 is 1.56 bits per heavy atom. The SMILES string of the molecule is CC1(c2cccc3ccccc23)NC(=O)N(CCN2C(=O)c3ccccc3S2(=O)=O)C1=O. The van der Waals surface area contributed by atoms with Crippen molar-refractivity contribution >= 4 is 38.6 Å². The monoisotopic (exact) mass is 449 g/mol. The fourth-order valence-electron chi connectivity index (χ4n) is 4.39. The van der Waals surface area contributed by atoms with Crippen molar-refractivity contribution in [3.8, 4) is 0 Å². The third-order valence-corrected chi connectivity index (χ3v) is 7.88. The summed E-state index contributed by atoms with van der Waals surface area (Å²) < 4.78 is 26.2. The molecule has 32 heavy (non-hydrogen) atoms. The topological polar surface area (TPSA) is 104 Å². The average molecular weight is 449 g/mol. The fraction of sp³-hybridized carbons (Fsp3) is 0.174. The van der Waals surface area contributed by atoms with Gasteiger partial charge in [0.25, 0.3) is 21.8 Å². The van der Waals surface area contributed by atoms with E-state index in [4.69, 9.17) is 0 Å². The molecular formula is C23H19N3O5S. The summed E-state index contributed by atoms with van der Waals surface area (Å²) in [4.78, 5) is 39.6. The Balaban J connectivity index is 1.43. The molecule has 1 unspecified atom stereocenters. The van der Waals surface area contributed by atoms with Gasteiger partial charge in [-0.05, 0) is 35.4 Å². The maximum atomic E-state index is 13.3. The van der Waals surface area contributed by atoms with Crippen LogP contribution >= 0.6 is 0 Å². The second-order valence-corrected chi connectivity index (χ2v) is 9.75. The number of amides is 4. The molecule has 162 valence electrons. The summed E-state index contributed by atoms with van der Waals surface area (Å²) in [6.45, 7) is 1.06. The molecule has 0 aliphatic carbocycles. The minimum Gasteiger partial charge on any atom is -0.319 e. The number of hydrogen-bond acceptors (Lipinski definition) is 5. The van der Waals surface area contributed by atoms with Gasteiger partial charge in [0.15, 0.2) is 0 Å². The van der Waals surface area contributed by atoms with Crippen LogP contribution in [0.3, 0.4) is 0 Å². The smallest absolute Gasteiger partial charge is 0.319 e. The lowest BCUT2D eigenvalue weighted by molar-refractivity contribution is -0.131. The summed E-state index contributed by atoms with van der Waals surface area (Å²) in [6, 6.07) is 18.4. The molecule has 0 radical (unpaired) electrons. The highest BCUT2D eigenvalue weighted by Crippen LogP contribution is 2.34. The first-order chi connectivity index (χ1) is 15.2. The number of benzene rings is 3. The van der Waals surface area contributed by atoms with Crippen LogP contribution in [-0.2, 0) is 20.4 Å². The molecular weight excluding hydrogens is 430 g/mol. The van der Waals surface area contributed by atoms with Gasteiger partial charge < -0.3 is 5.32 Å².